The SMILES string of the molecule is CO[C@@H]1C(CO)O[C@@H](O[C@H](C(O)CO[C@@H]2C[C@@H](C)[C@@H](O)C(O)C2O)[C@H](O)C(CNc2ccccc2C(=O)O)NC(C)=O)C(NC(C)=O)[C@H]1O. The van der Waals surface area contributed by atoms with Crippen LogP contribution in [0.1, 0.15) is 37.6 Å². The van der Waals surface area contributed by atoms with E-state index in [9.17, 15) is 55.2 Å². The van der Waals surface area contributed by atoms with Crippen molar-refractivity contribution in [2.45, 2.75) is 107 Å². The van der Waals surface area contributed by atoms with Gasteiger partial charge in [0.05, 0.1) is 37.0 Å². The number of aliphatic hydroxyl groups is 7. The second kappa shape index (κ2) is 18.3. The lowest BCUT2D eigenvalue weighted by atomic mass is 9.82. The lowest BCUT2D eigenvalue weighted by Crippen LogP contribution is -2.67. The number of carbonyl (C=O) groups excluding carboxylic acids is 2. The maximum atomic E-state index is 12.3. The normalized spacial score (nSPS) is 32.7. The fourth-order valence-electron chi connectivity index (χ4n) is 6.09. The van der Waals surface area contributed by atoms with Gasteiger partial charge in [0.2, 0.25) is 11.8 Å². The molecule has 3 rings (SSSR count). The van der Waals surface area contributed by atoms with Crippen LogP contribution in [-0.4, -0.2) is 165 Å². The number of carbonyl (C=O) groups is 3. The first-order valence-electron chi connectivity index (χ1n) is 15.9. The van der Waals surface area contributed by atoms with Crippen LogP contribution >= 0.6 is 0 Å². The van der Waals surface area contributed by atoms with Gasteiger partial charge < -0.3 is 75.8 Å². The van der Waals surface area contributed by atoms with E-state index in [1.54, 1.807) is 13.0 Å². The molecule has 1 aliphatic carbocycles. The average Bonchev–Trinajstić information content (AvgIpc) is 3.05. The number of ether oxygens (including phenoxy) is 4. The number of carboxylic acids is 1. The number of aromatic carboxylic acids is 1. The van der Waals surface area contributed by atoms with Crippen molar-refractivity contribution >= 4 is 23.5 Å². The lowest BCUT2D eigenvalue weighted by Gasteiger charge is -2.46. The molecule has 14 atom stereocenters. The van der Waals surface area contributed by atoms with Crippen LogP contribution in [0.3, 0.4) is 0 Å². The first kappa shape index (κ1) is 40.4. The fourth-order valence-corrected chi connectivity index (χ4v) is 6.09. The van der Waals surface area contributed by atoms with Gasteiger partial charge in [0, 0.05) is 33.2 Å². The number of rotatable bonds is 16. The zero-order valence-corrected chi connectivity index (χ0v) is 27.7. The van der Waals surface area contributed by atoms with E-state index in [1.165, 1.54) is 25.3 Å². The third kappa shape index (κ3) is 10.3. The molecule has 11 N–H and O–H groups in total. The Kier molecular flexibility index (Phi) is 15.1. The fraction of sp³-hybridized carbons (Fsp3) is 0.710. The number of nitrogens with one attached hydrogen (secondary N) is 3. The Bertz CT molecular complexity index is 1240. The molecule has 0 bridgehead atoms. The number of aliphatic hydroxyl groups excluding tert-OH is 7. The molecule has 0 aromatic heterocycles. The van der Waals surface area contributed by atoms with Crippen molar-refractivity contribution in [3.8, 4) is 0 Å². The molecule has 1 aliphatic heterocycles. The van der Waals surface area contributed by atoms with Gasteiger partial charge in [-0.2, -0.15) is 0 Å². The number of hydrogen-bond donors (Lipinski definition) is 11. The van der Waals surface area contributed by atoms with Crippen LogP contribution in [-0.2, 0) is 28.5 Å². The molecule has 1 heterocycles. The van der Waals surface area contributed by atoms with Crippen molar-refractivity contribution in [2.24, 2.45) is 5.92 Å². The van der Waals surface area contributed by atoms with Crippen molar-refractivity contribution in [3.05, 3.63) is 29.8 Å². The molecule has 18 nitrogen and oxygen atoms in total. The van der Waals surface area contributed by atoms with Crippen molar-refractivity contribution < 1.29 is 74.2 Å². The van der Waals surface area contributed by atoms with Crippen LogP contribution < -0.4 is 16.0 Å². The van der Waals surface area contributed by atoms with E-state index in [0.29, 0.717) is 0 Å². The molecule has 1 saturated carbocycles. The molecular weight excluding hydrogens is 654 g/mol. The summed E-state index contributed by atoms with van der Waals surface area (Å²) in [7, 11) is 1.25. The van der Waals surface area contributed by atoms with Crippen LogP contribution in [0.2, 0.25) is 0 Å². The molecule has 1 saturated heterocycles. The first-order chi connectivity index (χ1) is 23.1. The van der Waals surface area contributed by atoms with Crippen LogP contribution in [0, 0.1) is 5.92 Å². The molecule has 1 aromatic rings. The molecule has 2 fully saturated rings. The molecule has 6 unspecified atom stereocenters. The van der Waals surface area contributed by atoms with Crippen molar-refractivity contribution in [1.29, 1.82) is 0 Å². The zero-order valence-electron chi connectivity index (χ0n) is 27.7. The Morgan fingerprint density at radius 2 is 1.67 bits per heavy atom. The smallest absolute Gasteiger partial charge is 0.337 e. The van der Waals surface area contributed by atoms with E-state index in [1.807, 2.05) is 0 Å². The molecule has 2 aliphatic rings. The molecule has 278 valence electrons. The van der Waals surface area contributed by atoms with Gasteiger partial charge >= 0.3 is 5.97 Å². The number of hydrogen-bond acceptors (Lipinski definition) is 15. The third-order valence-electron chi connectivity index (χ3n) is 8.72. The third-order valence-corrected chi connectivity index (χ3v) is 8.72. The number of carboxylic acid groups (broad SMARTS) is 1. The number of para-hydroxylation sites is 1. The lowest BCUT2D eigenvalue weighted by molar-refractivity contribution is -0.303. The summed E-state index contributed by atoms with van der Waals surface area (Å²) in [6.45, 7) is 2.37. The van der Waals surface area contributed by atoms with Gasteiger partial charge in [-0.15, -0.1) is 0 Å². The minimum absolute atomic E-state index is 0.0980. The second-order valence-corrected chi connectivity index (χ2v) is 12.4. The van der Waals surface area contributed by atoms with Crippen molar-refractivity contribution in [3.63, 3.8) is 0 Å². The number of benzene rings is 1. The Morgan fingerprint density at radius 3 is 2.27 bits per heavy atom. The highest BCUT2D eigenvalue weighted by Gasteiger charge is 2.49. The summed E-state index contributed by atoms with van der Waals surface area (Å²) in [6, 6.07) is 3.25. The number of amides is 2. The summed E-state index contributed by atoms with van der Waals surface area (Å²) in [6.07, 6.45) is -16.1. The van der Waals surface area contributed by atoms with E-state index >= 15 is 0 Å². The minimum atomic E-state index is -1.83. The highest BCUT2D eigenvalue weighted by atomic mass is 16.7. The number of anilines is 1. The van der Waals surface area contributed by atoms with Crippen LogP contribution in [0.4, 0.5) is 5.69 Å². The van der Waals surface area contributed by atoms with Crippen LogP contribution in [0.25, 0.3) is 0 Å². The standard InChI is InChI=1S/C31H49N3O15/c1-13-9-20(25(41)27(43)23(13)39)47-12-19(38)28(49-31-22(34-15(3)37)26(42)29(46-4)21(11-35)48-31)24(40)18(33-14(2)36)10-32-17-8-6-5-7-16(17)30(44)45/h5-8,13,18-29,31-32,35,38-43H,9-12H2,1-4H3,(H,33,36)(H,34,37)(H,44,45)/t13-,18?,19?,20-,21?,22?,23-,24-,25?,26-,27?,28-,29-,31+/m1/s1. The van der Waals surface area contributed by atoms with E-state index in [0.717, 1.165) is 13.8 Å². The first-order valence-corrected chi connectivity index (χ1v) is 15.9. The van der Waals surface area contributed by atoms with Gasteiger partial charge in [0.1, 0.15) is 54.9 Å². The zero-order chi connectivity index (χ0) is 36.6. The Labute approximate surface area is 282 Å². The quantitative estimate of drug-likeness (QED) is 0.0797. The highest BCUT2D eigenvalue weighted by Crippen LogP contribution is 2.30. The molecular formula is C31H49N3O15. The van der Waals surface area contributed by atoms with E-state index in [2.05, 4.69) is 16.0 Å². The minimum Gasteiger partial charge on any atom is -0.478 e. The molecule has 0 radical (unpaired) electrons. The predicted octanol–water partition coefficient (Wildman–Crippen LogP) is -3.49. The van der Waals surface area contributed by atoms with Crippen molar-refractivity contribution in [1.82, 2.24) is 10.6 Å². The van der Waals surface area contributed by atoms with Gasteiger partial charge in [-0.3, -0.25) is 9.59 Å². The van der Waals surface area contributed by atoms with E-state index < -0.39 is 116 Å². The molecule has 0 spiro atoms. The summed E-state index contributed by atoms with van der Waals surface area (Å²) in [4.78, 5) is 36.1. The Hall–Kier alpha value is -3.01. The summed E-state index contributed by atoms with van der Waals surface area (Å²) < 4.78 is 22.9. The summed E-state index contributed by atoms with van der Waals surface area (Å²) >= 11 is 0. The van der Waals surface area contributed by atoms with Crippen LogP contribution in [0.5, 0.6) is 0 Å². The van der Waals surface area contributed by atoms with Gasteiger partial charge in [0.15, 0.2) is 6.29 Å². The van der Waals surface area contributed by atoms with E-state index in [4.69, 9.17) is 18.9 Å². The van der Waals surface area contributed by atoms with Gasteiger partial charge in [-0.25, -0.2) is 4.79 Å². The van der Waals surface area contributed by atoms with Gasteiger partial charge in [-0.1, -0.05) is 19.1 Å². The highest BCUT2D eigenvalue weighted by molar-refractivity contribution is 5.94. The Morgan fingerprint density at radius 1 is 1.00 bits per heavy atom. The topological polar surface area (TPSA) is 286 Å². The summed E-state index contributed by atoms with van der Waals surface area (Å²) in [5.74, 6) is -2.95. The number of methoxy groups -OCH3 is 1. The largest absolute Gasteiger partial charge is 0.478 e. The monoisotopic (exact) mass is 703 g/mol. The second-order valence-electron chi connectivity index (χ2n) is 12.4. The van der Waals surface area contributed by atoms with Crippen molar-refractivity contribution in [2.75, 3.05) is 32.2 Å². The Balaban J connectivity index is 1.95. The average molecular weight is 704 g/mol. The summed E-state index contributed by atoms with van der Waals surface area (Å²) in [5.41, 5.74) is 0.0544. The van der Waals surface area contributed by atoms with Gasteiger partial charge in [0.25, 0.3) is 0 Å². The molecule has 1 aromatic carbocycles. The predicted molar refractivity (Wildman–Crippen MR) is 168 cm³/mol. The molecule has 2 amide bonds. The molecule has 49 heavy (non-hydrogen) atoms. The maximum Gasteiger partial charge on any atom is 0.337 e. The van der Waals surface area contributed by atoms with E-state index in [-0.39, 0.29) is 24.2 Å². The van der Waals surface area contributed by atoms with Gasteiger partial charge in [-0.05, 0) is 24.5 Å². The molecule has 18 heteroatoms. The summed E-state index contributed by atoms with van der Waals surface area (Å²) in [5, 5.41) is 92.6. The maximum absolute atomic E-state index is 12.3. The van der Waals surface area contributed by atoms with Crippen LogP contribution in [0.15, 0.2) is 24.3 Å².